The third-order valence-corrected chi connectivity index (χ3v) is 5.64. The normalized spacial score (nSPS) is 10.9. The number of methoxy groups -OCH3 is 2. The summed E-state index contributed by atoms with van der Waals surface area (Å²) in [4.78, 5) is 17.1. The molecular formula is C24H23N4O5P. The van der Waals surface area contributed by atoms with Gasteiger partial charge in [-0.2, -0.15) is 0 Å². The lowest BCUT2D eigenvalue weighted by Crippen LogP contribution is -1.96. The minimum atomic E-state index is -2.72. The van der Waals surface area contributed by atoms with Gasteiger partial charge in [-0.3, -0.25) is 14.5 Å². The van der Waals surface area contributed by atoms with Crippen molar-refractivity contribution in [3.63, 3.8) is 0 Å². The van der Waals surface area contributed by atoms with Gasteiger partial charge in [0.1, 0.15) is 0 Å². The average molecular weight is 478 g/mol. The monoisotopic (exact) mass is 478 g/mol. The number of pyridine rings is 4. The first kappa shape index (κ1) is 23.5. The molecule has 0 bridgehead atoms. The van der Waals surface area contributed by atoms with Crippen LogP contribution in [0.25, 0.3) is 22.3 Å². The van der Waals surface area contributed by atoms with Gasteiger partial charge in [-0.25, -0.2) is 9.97 Å². The lowest BCUT2D eigenvalue weighted by Gasteiger charge is -2.09. The lowest BCUT2D eigenvalue weighted by atomic mass is 10.1. The Kier molecular flexibility index (Phi) is 7.93. The first-order valence-corrected chi connectivity index (χ1v) is 11.6. The van der Waals surface area contributed by atoms with Crippen LogP contribution >= 0.6 is 8.25 Å². The average Bonchev–Trinajstić information content (AvgIpc) is 2.91. The summed E-state index contributed by atoms with van der Waals surface area (Å²) >= 11 is 0. The van der Waals surface area contributed by atoms with E-state index in [9.17, 15) is 4.57 Å². The van der Waals surface area contributed by atoms with Crippen LogP contribution in [-0.4, -0.2) is 34.2 Å². The van der Waals surface area contributed by atoms with Crippen molar-refractivity contribution in [1.82, 2.24) is 19.9 Å². The van der Waals surface area contributed by atoms with Crippen LogP contribution in [0.1, 0.15) is 11.4 Å². The van der Waals surface area contributed by atoms with Gasteiger partial charge in [-0.1, -0.05) is 12.1 Å². The Labute approximate surface area is 197 Å². The predicted octanol–water partition coefficient (Wildman–Crippen LogP) is 4.74. The molecule has 0 fully saturated rings. The maximum atomic E-state index is 12.2. The first-order chi connectivity index (χ1) is 16.7. The Hall–Kier alpha value is -3.65. The van der Waals surface area contributed by atoms with Crippen LogP contribution in [-0.2, 0) is 26.8 Å². The summed E-state index contributed by atoms with van der Waals surface area (Å²) in [5.41, 5.74) is 4.64. The first-order valence-electron chi connectivity index (χ1n) is 10.4. The van der Waals surface area contributed by atoms with E-state index in [0.717, 1.165) is 22.3 Å². The molecule has 0 aliphatic carbocycles. The number of nitrogens with zero attached hydrogens (tertiary/aromatic N) is 4. The van der Waals surface area contributed by atoms with Gasteiger partial charge in [0.15, 0.2) is 0 Å². The van der Waals surface area contributed by atoms with E-state index in [1.54, 1.807) is 51.1 Å². The van der Waals surface area contributed by atoms with Gasteiger partial charge in [0.25, 0.3) is 0 Å². The second kappa shape index (κ2) is 11.5. The zero-order chi connectivity index (χ0) is 23.8. The van der Waals surface area contributed by atoms with Crippen LogP contribution in [0.15, 0.2) is 73.3 Å². The van der Waals surface area contributed by atoms with E-state index in [1.165, 1.54) is 0 Å². The molecule has 0 amide bonds. The van der Waals surface area contributed by atoms with E-state index in [4.69, 9.17) is 18.5 Å². The molecule has 0 saturated heterocycles. The minimum absolute atomic E-state index is 0.0649. The van der Waals surface area contributed by atoms with E-state index in [0.29, 0.717) is 23.1 Å². The third kappa shape index (κ3) is 5.82. The fraction of sp³-hybridized carbons (Fsp3) is 0.167. The highest BCUT2D eigenvalue weighted by Gasteiger charge is 2.09. The molecule has 0 atom stereocenters. The standard InChI is InChI=1S/C24H23N4O5P/c1-30-23-21(5-3-11-25-23)17-7-9-19(27-13-17)15-32-34(29)33-16-20-10-8-18(14-28-20)22-6-4-12-26-24(22)31-2/h3-14,34H,15-16H2,1-2H3. The van der Waals surface area contributed by atoms with Crippen LogP contribution in [0.5, 0.6) is 11.8 Å². The van der Waals surface area contributed by atoms with Crippen LogP contribution in [0.2, 0.25) is 0 Å². The van der Waals surface area contributed by atoms with E-state index in [-0.39, 0.29) is 13.2 Å². The minimum Gasteiger partial charge on any atom is -0.481 e. The summed E-state index contributed by atoms with van der Waals surface area (Å²) in [5.74, 6) is 1.04. The molecule has 4 aromatic heterocycles. The maximum Gasteiger partial charge on any atom is 0.319 e. The Morgan fingerprint density at radius 1 is 0.676 bits per heavy atom. The molecule has 4 aromatic rings. The SMILES string of the molecule is COc1ncccc1-c1ccc(CO[PH](=O)OCc2ccc(-c3cccnc3OC)cn2)nc1. The fourth-order valence-corrected chi connectivity index (χ4v) is 3.81. The largest absolute Gasteiger partial charge is 0.481 e. The number of hydrogen-bond donors (Lipinski definition) is 0. The Morgan fingerprint density at radius 2 is 1.15 bits per heavy atom. The second-order valence-corrected chi connectivity index (χ2v) is 8.10. The zero-order valence-electron chi connectivity index (χ0n) is 18.7. The third-order valence-electron chi connectivity index (χ3n) is 4.88. The number of aromatic nitrogens is 4. The molecule has 0 N–H and O–H groups in total. The molecule has 0 radical (unpaired) electrons. The van der Waals surface area contributed by atoms with E-state index >= 15 is 0 Å². The second-order valence-electron chi connectivity index (χ2n) is 7.02. The van der Waals surface area contributed by atoms with Gasteiger partial charge in [0.05, 0.1) is 38.8 Å². The van der Waals surface area contributed by atoms with E-state index in [2.05, 4.69) is 19.9 Å². The van der Waals surface area contributed by atoms with Crippen molar-refractivity contribution >= 4 is 8.25 Å². The number of ether oxygens (including phenoxy) is 2. The quantitative estimate of drug-likeness (QED) is 0.299. The van der Waals surface area contributed by atoms with Crippen LogP contribution in [0.4, 0.5) is 0 Å². The van der Waals surface area contributed by atoms with Crippen molar-refractivity contribution < 1.29 is 23.1 Å². The highest BCUT2D eigenvalue weighted by atomic mass is 31.1. The van der Waals surface area contributed by atoms with Crippen LogP contribution in [0.3, 0.4) is 0 Å². The van der Waals surface area contributed by atoms with Crippen molar-refractivity contribution in [1.29, 1.82) is 0 Å². The molecule has 34 heavy (non-hydrogen) atoms. The number of rotatable bonds is 10. The summed E-state index contributed by atoms with van der Waals surface area (Å²) in [5, 5.41) is 0. The van der Waals surface area contributed by atoms with Crippen molar-refractivity contribution in [2.45, 2.75) is 13.2 Å². The highest BCUT2D eigenvalue weighted by Crippen LogP contribution is 2.30. The van der Waals surface area contributed by atoms with Gasteiger partial charge in [0.2, 0.25) is 11.8 Å². The van der Waals surface area contributed by atoms with E-state index in [1.807, 2.05) is 36.4 Å². The molecule has 0 saturated carbocycles. The van der Waals surface area contributed by atoms with Crippen LogP contribution < -0.4 is 9.47 Å². The van der Waals surface area contributed by atoms with Gasteiger partial charge >= 0.3 is 8.25 Å². The van der Waals surface area contributed by atoms with E-state index < -0.39 is 8.25 Å². The molecule has 4 heterocycles. The Morgan fingerprint density at radius 3 is 1.53 bits per heavy atom. The Balaban J connectivity index is 1.28. The maximum absolute atomic E-state index is 12.2. The van der Waals surface area contributed by atoms with Gasteiger partial charge in [-0.05, 0) is 36.4 Å². The lowest BCUT2D eigenvalue weighted by molar-refractivity contribution is 0.209. The molecule has 174 valence electrons. The molecule has 0 aliphatic heterocycles. The van der Waals surface area contributed by atoms with Crippen LogP contribution in [0, 0.1) is 0 Å². The predicted molar refractivity (Wildman–Crippen MR) is 127 cm³/mol. The van der Waals surface area contributed by atoms with Gasteiger partial charge < -0.3 is 18.5 Å². The molecular weight excluding hydrogens is 455 g/mol. The van der Waals surface area contributed by atoms with Gasteiger partial charge in [-0.15, -0.1) is 0 Å². The fourth-order valence-electron chi connectivity index (χ4n) is 3.19. The molecule has 0 aromatic carbocycles. The summed E-state index contributed by atoms with van der Waals surface area (Å²) in [6.45, 7) is 0.130. The summed E-state index contributed by atoms with van der Waals surface area (Å²) in [7, 11) is 0.422. The van der Waals surface area contributed by atoms with Crippen molar-refractivity contribution in [2.24, 2.45) is 0 Å². The topological polar surface area (TPSA) is 106 Å². The zero-order valence-corrected chi connectivity index (χ0v) is 19.7. The highest BCUT2D eigenvalue weighted by molar-refractivity contribution is 7.33. The number of hydrogen-bond acceptors (Lipinski definition) is 9. The summed E-state index contributed by atoms with van der Waals surface area (Å²) in [6.07, 6.45) is 6.72. The summed E-state index contributed by atoms with van der Waals surface area (Å²) < 4.78 is 33.4. The molecule has 0 unspecified atom stereocenters. The summed E-state index contributed by atoms with van der Waals surface area (Å²) in [6, 6.07) is 14.8. The molecule has 0 spiro atoms. The van der Waals surface area contributed by atoms with Crippen molar-refractivity contribution in [2.75, 3.05) is 14.2 Å². The van der Waals surface area contributed by atoms with Gasteiger partial charge in [0, 0.05) is 47.0 Å². The molecule has 10 heteroatoms. The van der Waals surface area contributed by atoms with Crippen molar-refractivity contribution in [3.8, 4) is 34.0 Å². The van der Waals surface area contributed by atoms with Crippen molar-refractivity contribution in [3.05, 3.63) is 84.7 Å². The molecule has 4 rings (SSSR count). The Bertz CT molecular complexity index is 1160. The molecule has 9 nitrogen and oxygen atoms in total. The molecule has 0 aliphatic rings. The smallest absolute Gasteiger partial charge is 0.319 e.